The van der Waals surface area contributed by atoms with E-state index >= 15 is 0 Å². The topological polar surface area (TPSA) is 19.7 Å². The maximum absolute atomic E-state index is 4.76. The van der Waals surface area contributed by atoms with Crippen LogP contribution >= 0.6 is 51.2 Å². The van der Waals surface area contributed by atoms with Gasteiger partial charge < -0.3 is 17.6 Å². The van der Waals surface area contributed by atoms with E-state index in [4.69, 9.17) is 19.4 Å². The second-order valence-corrected chi connectivity index (χ2v) is 36.6. The van der Waals surface area contributed by atoms with Crippen LogP contribution < -0.4 is 0 Å². The number of fused-ring (bicyclic) bond motifs is 12. The van der Waals surface area contributed by atoms with E-state index < -0.39 is 16.5 Å². The predicted molar refractivity (Wildman–Crippen MR) is 379 cm³/mol. The summed E-state index contributed by atoms with van der Waals surface area (Å²) in [5, 5.41) is 10.8. The van der Waals surface area contributed by atoms with Gasteiger partial charge in [-0.05, 0) is 140 Å². The van der Waals surface area contributed by atoms with E-state index in [2.05, 4.69) is 276 Å². The van der Waals surface area contributed by atoms with Crippen LogP contribution in [0.5, 0.6) is 0 Å². The van der Waals surface area contributed by atoms with Crippen molar-refractivity contribution >= 4 is 155 Å². The maximum atomic E-state index is 4.76. The standard InChI is InChI=1S/C38H46N2Si.C20H23BrN.C15H15BrNSi.2ClH.2Zn/c1-8-10-11-28(9-2)25-39-35-16-12-26(3)20-31(35)33-23-29(14-18-36(33)39)22-30-15-19-38-34(24-30)32-21-27(4)13-17-37(32)40(38)41(5,6)7;1-3-5-8-15(4-2)14-22-19-10-7-6-9-17(19)18-13-16(21)11-12-20(18)22;1-18(2,3)17-14-7-5-4-6-12(14)13-10-11(16)8-9-15(13)17;;;;/h12-21,23-24,28H,8-11,22,25H2,1-7H3;7,9-13,15H,3-5,8,14H2,1-2H3;5-10H,1-3H3;2*1H;;/q;2*-1;;;2*+2/p-2. The molecular formula is C73H84Br2Cl2N4Si2Zn2. The van der Waals surface area contributed by atoms with Gasteiger partial charge in [-0.3, -0.25) is 0 Å². The van der Waals surface area contributed by atoms with Crippen molar-refractivity contribution in [2.24, 2.45) is 11.8 Å². The Kier molecular flexibility index (Phi) is 23.8. The van der Waals surface area contributed by atoms with Crippen molar-refractivity contribution in [3.05, 3.63) is 189 Å². The number of nitrogens with zero attached hydrogens (tertiary/aromatic N) is 4. The number of rotatable bonds is 16. The van der Waals surface area contributed by atoms with Crippen LogP contribution in [0, 0.1) is 37.8 Å². The van der Waals surface area contributed by atoms with E-state index in [1.807, 2.05) is 12.1 Å². The molecular weight excluding hydrogens is 1350 g/mol. The van der Waals surface area contributed by atoms with Gasteiger partial charge in [0.25, 0.3) is 0 Å². The van der Waals surface area contributed by atoms with Crippen LogP contribution in [-0.4, -0.2) is 34.1 Å². The molecule has 2 unspecified atom stereocenters. The summed E-state index contributed by atoms with van der Waals surface area (Å²) in [6.45, 7) is 30.4. The molecule has 4 heterocycles. The van der Waals surface area contributed by atoms with Crippen molar-refractivity contribution in [3.63, 3.8) is 0 Å². The third-order valence-corrected chi connectivity index (χ3v) is 21.7. The molecule has 0 bridgehead atoms. The zero-order valence-electron chi connectivity index (χ0n) is 52.5. The van der Waals surface area contributed by atoms with Crippen LogP contribution in [0.3, 0.4) is 0 Å². The summed E-state index contributed by atoms with van der Waals surface area (Å²) < 4.78 is 12.6. The molecule has 0 saturated carbocycles. The van der Waals surface area contributed by atoms with Crippen LogP contribution in [0.15, 0.2) is 155 Å². The van der Waals surface area contributed by atoms with E-state index in [9.17, 15) is 0 Å². The Morgan fingerprint density at radius 3 is 1.21 bits per heavy atom. The van der Waals surface area contributed by atoms with Gasteiger partial charge in [0.2, 0.25) is 0 Å². The molecule has 0 radical (unpaired) electrons. The van der Waals surface area contributed by atoms with Gasteiger partial charge in [0, 0.05) is 76.7 Å². The van der Waals surface area contributed by atoms with E-state index in [1.54, 1.807) is 0 Å². The van der Waals surface area contributed by atoms with Crippen LogP contribution in [-0.2, 0) is 54.1 Å². The average molecular weight is 1440 g/mol. The quantitative estimate of drug-likeness (QED) is 0.0679. The summed E-state index contributed by atoms with van der Waals surface area (Å²) in [5.74, 6) is 1.48. The molecule has 85 heavy (non-hydrogen) atoms. The van der Waals surface area contributed by atoms with Crippen LogP contribution in [0.4, 0.5) is 0 Å². The van der Waals surface area contributed by atoms with Crippen molar-refractivity contribution in [2.75, 3.05) is 0 Å². The van der Waals surface area contributed by atoms with E-state index in [0.717, 1.165) is 74.9 Å². The minimum absolute atomic E-state index is 0.725. The molecule has 2 atom stereocenters. The summed E-state index contributed by atoms with van der Waals surface area (Å²) in [4.78, 5) is 0. The van der Waals surface area contributed by atoms with E-state index in [0.29, 0.717) is 0 Å². The van der Waals surface area contributed by atoms with Gasteiger partial charge >= 0.3 is 54.0 Å². The first-order chi connectivity index (χ1) is 40.9. The zero-order chi connectivity index (χ0) is 61.3. The number of hydrogen-bond donors (Lipinski definition) is 0. The Labute approximate surface area is 554 Å². The third-order valence-electron chi connectivity index (χ3n) is 17.0. The fourth-order valence-corrected chi connectivity index (χ4v) is 17.3. The fraction of sp³-hybridized carbons (Fsp3) is 0.342. The number of aryl methyl sites for hydroxylation is 2. The molecule has 0 fully saturated rings. The molecule has 0 aliphatic carbocycles. The van der Waals surface area contributed by atoms with Gasteiger partial charge in [-0.25, -0.2) is 0 Å². The summed E-state index contributed by atoms with van der Waals surface area (Å²) in [7, 11) is 6.50. The summed E-state index contributed by atoms with van der Waals surface area (Å²) >= 11 is 8.87. The van der Waals surface area contributed by atoms with E-state index in [1.165, 1.54) is 161 Å². The number of aromatic nitrogens is 4. The fourth-order valence-electron chi connectivity index (χ4n) is 12.9. The molecule has 0 saturated heterocycles. The molecule has 0 N–H and O–H groups in total. The van der Waals surface area contributed by atoms with Gasteiger partial charge in [0.05, 0.1) is 0 Å². The van der Waals surface area contributed by atoms with Crippen molar-refractivity contribution in [3.8, 4) is 0 Å². The first-order valence-electron chi connectivity index (χ1n) is 30.7. The van der Waals surface area contributed by atoms with Gasteiger partial charge in [-0.1, -0.05) is 196 Å². The Hall–Kier alpha value is -3.82. The molecule has 12 aromatic rings. The molecule has 12 heteroatoms. The third kappa shape index (κ3) is 15.1. The molecule has 4 aromatic heterocycles. The Bertz CT molecular complexity index is 4220. The molecule has 0 amide bonds. The monoisotopic (exact) mass is 1430 g/mol. The first kappa shape index (κ1) is 67.1. The summed E-state index contributed by atoms with van der Waals surface area (Å²) in [6.07, 6.45) is 11.3. The molecule has 12 rings (SSSR count). The number of unbranched alkanes of at least 4 members (excludes halogenated alkanes) is 2. The molecule has 436 valence electrons. The predicted octanol–water partition coefficient (Wildman–Crippen LogP) is 24.0. The minimum atomic E-state index is -1.59. The Morgan fingerprint density at radius 2 is 0.753 bits per heavy atom. The molecule has 4 nitrogen and oxygen atoms in total. The van der Waals surface area contributed by atoms with Crippen molar-refractivity contribution in [1.82, 2.24) is 17.6 Å². The Morgan fingerprint density at radius 1 is 0.424 bits per heavy atom. The molecule has 0 aliphatic heterocycles. The number of benzene rings is 8. The van der Waals surface area contributed by atoms with Gasteiger partial charge in [-0.2, -0.15) is 36.4 Å². The van der Waals surface area contributed by atoms with Crippen molar-refractivity contribution in [1.29, 1.82) is 0 Å². The van der Waals surface area contributed by atoms with Gasteiger partial charge in [0.1, 0.15) is 0 Å². The van der Waals surface area contributed by atoms with E-state index in [-0.39, 0.29) is 0 Å². The second kappa shape index (κ2) is 30.1. The zero-order valence-corrected chi connectivity index (χ0v) is 65.1. The SMILES string of the molecule is CCCCC(CC)Cn1c2cc[c-]cc2c2cc(Br)ccc21.CCCCC(CC)Cn1c2ccc(C)cc2c2cc(Cc3ccc4c(c3)c3cc(C)ccc3n4[Si](C)(C)C)ccc21.C[Si](C)(C)n1c2cc[c-]cc2c2cc(Br)ccc21.[Cl][Zn+].[Cl][Zn+]. The second-order valence-electron chi connectivity index (χ2n) is 25.2. The molecule has 0 aliphatic rings. The normalized spacial score (nSPS) is 12.6. The summed E-state index contributed by atoms with van der Waals surface area (Å²) in [5.41, 5.74) is 16.3. The average Bonchev–Trinajstić information content (AvgIpc) is 2.57. The van der Waals surface area contributed by atoms with Crippen LogP contribution in [0.2, 0.25) is 39.3 Å². The van der Waals surface area contributed by atoms with Gasteiger partial charge in [-0.15, -0.1) is 22.9 Å². The Balaban J connectivity index is 0.000000179. The number of hydrogen-bond acceptors (Lipinski definition) is 0. The van der Waals surface area contributed by atoms with Crippen LogP contribution in [0.25, 0.3) is 87.2 Å². The van der Waals surface area contributed by atoms with Crippen molar-refractivity contribution in [2.45, 2.75) is 152 Å². The van der Waals surface area contributed by atoms with Gasteiger partial charge in [0.15, 0.2) is 16.5 Å². The first-order valence-corrected chi connectivity index (χ1v) is 46.9. The van der Waals surface area contributed by atoms with Crippen molar-refractivity contribution < 1.29 is 34.6 Å². The number of halogens is 4. The van der Waals surface area contributed by atoms with Crippen LogP contribution in [0.1, 0.15) is 101 Å². The molecule has 0 spiro atoms. The summed E-state index contributed by atoms with van der Waals surface area (Å²) in [6, 6.07) is 60.7. The molecule has 8 aromatic carbocycles.